The number of thiophene rings is 1. The van der Waals surface area contributed by atoms with Gasteiger partial charge in [0.25, 0.3) is 5.56 Å². The van der Waals surface area contributed by atoms with Crippen LogP contribution in [-0.4, -0.2) is 15.5 Å². The van der Waals surface area contributed by atoms with Gasteiger partial charge in [-0.25, -0.2) is 4.98 Å². The van der Waals surface area contributed by atoms with E-state index >= 15 is 0 Å². The molecule has 0 saturated carbocycles. The van der Waals surface area contributed by atoms with Crippen molar-refractivity contribution in [1.29, 1.82) is 0 Å². The van der Waals surface area contributed by atoms with Gasteiger partial charge < -0.3 is 5.32 Å². The predicted octanol–water partition coefficient (Wildman–Crippen LogP) is 4.63. The van der Waals surface area contributed by atoms with Gasteiger partial charge in [0, 0.05) is 16.6 Å². The number of nitrogens with one attached hydrogen (secondary N) is 1. The van der Waals surface area contributed by atoms with Crippen molar-refractivity contribution in [3.8, 4) is 11.1 Å². The van der Waals surface area contributed by atoms with E-state index in [2.05, 4.69) is 10.3 Å². The van der Waals surface area contributed by atoms with E-state index in [1.165, 1.54) is 22.2 Å². The fourth-order valence-electron chi connectivity index (χ4n) is 3.06. The van der Waals surface area contributed by atoms with E-state index in [0.717, 1.165) is 16.7 Å². The second-order valence-electron chi connectivity index (χ2n) is 6.68. The Morgan fingerprint density at radius 2 is 1.82 bits per heavy atom. The van der Waals surface area contributed by atoms with Crippen molar-refractivity contribution >= 4 is 33.1 Å². The number of fused-ring (bicyclic) bond motifs is 1. The minimum Gasteiger partial charge on any atom is -0.324 e. The highest BCUT2D eigenvalue weighted by molar-refractivity contribution is 7.17. The van der Waals surface area contributed by atoms with Crippen molar-refractivity contribution < 1.29 is 4.79 Å². The van der Waals surface area contributed by atoms with Crippen LogP contribution in [-0.2, 0) is 4.79 Å². The molecule has 0 spiro atoms. The van der Waals surface area contributed by atoms with Crippen LogP contribution in [0.5, 0.6) is 0 Å². The fourth-order valence-corrected chi connectivity index (χ4v) is 3.97. The number of nitrogens with zero attached hydrogens (tertiary/aromatic N) is 2. The lowest BCUT2D eigenvalue weighted by Gasteiger charge is -2.15. The molecule has 2 aromatic carbocycles. The molecule has 1 amide bonds. The van der Waals surface area contributed by atoms with Crippen LogP contribution in [0.3, 0.4) is 0 Å². The molecule has 1 atom stereocenters. The molecule has 6 heteroatoms. The third-order valence-electron chi connectivity index (χ3n) is 4.72. The Hall–Kier alpha value is -3.25. The van der Waals surface area contributed by atoms with E-state index in [1.54, 1.807) is 6.92 Å². The molecule has 0 fully saturated rings. The van der Waals surface area contributed by atoms with Gasteiger partial charge in [-0.15, -0.1) is 11.3 Å². The smallest absolute Gasteiger partial charge is 0.263 e. The number of hydrogen-bond donors (Lipinski definition) is 1. The number of amides is 1. The molecule has 4 aromatic rings. The number of aromatic nitrogens is 2. The third kappa shape index (κ3) is 3.34. The molecule has 0 aliphatic heterocycles. The van der Waals surface area contributed by atoms with E-state index in [0.29, 0.717) is 15.9 Å². The van der Waals surface area contributed by atoms with Gasteiger partial charge in [0.2, 0.25) is 5.91 Å². The van der Waals surface area contributed by atoms with Gasteiger partial charge >= 0.3 is 0 Å². The Labute approximate surface area is 166 Å². The predicted molar refractivity (Wildman–Crippen MR) is 114 cm³/mol. The molecule has 4 rings (SSSR count). The molecular weight excluding hydrogens is 370 g/mol. The summed E-state index contributed by atoms with van der Waals surface area (Å²) in [6.45, 7) is 3.72. The number of anilines is 1. The Morgan fingerprint density at radius 3 is 2.54 bits per heavy atom. The average Bonchev–Trinajstić information content (AvgIpc) is 3.14. The van der Waals surface area contributed by atoms with Crippen LogP contribution in [0.2, 0.25) is 0 Å². The highest BCUT2D eigenvalue weighted by atomic mass is 32.1. The van der Waals surface area contributed by atoms with Crippen LogP contribution < -0.4 is 10.9 Å². The van der Waals surface area contributed by atoms with Crippen LogP contribution in [0.1, 0.15) is 18.5 Å². The van der Waals surface area contributed by atoms with Crippen LogP contribution >= 0.6 is 11.3 Å². The zero-order chi connectivity index (χ0) is 19.7. The standard InChI is InChI=1S/C22H19N3O2S/c1-14-8-10-16(11-9-14)18-12-28-21-19(18)22(27)25(13-23-21)15(2)20(26)24-17-6-4-3-5-7-17/h3-13,15H,1-2H3,(H,24,26). The lowest BCUT2D eigenvalue weighted by atomic mass is 10.0. The Kier molecular flexibility index (Phi) is 4.79. The molecule has 2 aromatic heterocycles. The van der Waals surface area contributed by atoms with E-state index in [1.807, 2.05) is 66.9 Å². The maximum atomic E-state index is 13.2. The third-order valence-corrected chi connectivity index (χ3v) is 5.61. The van der Waals surface area contributed by atoms with Gasteiger partial charge in [0.15, 0.2) is 0 Å². The van der Waals surface area contributed by atoms with Gasteiger partial charge in [0.1, 0.15) is 10.9 Å². The van der Waals surface area contributed by atoms with Gasteiger partial charge in [-0.1, -0.05) is 48.0 Å². The van der Waals surface area contributed by atoms with Crippen molar-refractivity contribution in [2.45, 2.75) is 19.9 Å². The molecule has 5 nitrogen and oxygen atoms in total. The molecule has 0 aliphatic rings. The van der Waals surface area contributed by atoms with Gasteiger partial charge in [-0.2, -0.15) is 0 Å². The lowest BCUT2D eigenvalue weighted by Crippen LogP contribution is -2.31. The molecule has 0 radical (unpaired) electrons. The van der Waals surface area contributed by atoms with E-state index in [4.69, 9.17) is 0 Å². The average molecular weight is 389 g/mol. The molecule has 28 heavy (non-hydrogen) atoms. The van der Waals surface area contributed by atoms with Gasteiger partial charge in [-0.3, -0.25) is 14.2 Å². The van der Waals surface area contributed by atoms with Crippen LogP contribution in [0, 0.1) is 6.92 Å². The quantitative estimate of drug-likeness (QED) is 0.553. The Morgan fingerprint density at radius 1 is 1.11 bits per heavy atom. The first-order valence-corrected chi connectivity index (χ1v) is 9.84. The van der Waals surface area contributed by atoms with E-state index < -0.39 is 6.04 Å². The number of carbonyl (C=O) groups is 1. The highest BCUT2D eigenvalue weighted by Crippen LogP contribution is 2.31. The number of para-hydroxylation sites is 1. The Balaban J connectivity index is 1.73. The molecule has 0 saturated heterocycles. The van der Waals surface area contributed by atoms with Crippen LogP contribution in [0.25, 0.3) is 21.3 Å². The largest absolute Gasteiger partial charge is 0.324 e. The number of aryl methyl sites for hydroxylation is 1. The maximum absolute atomic E-state index is 13.2. The van der Waals surface area contributed by atoms with E-state index in [-0.39, 0.29) is 11.5 Å². The first-order chi connectivity index (χ1) is 13.5. The molecule has 0 aliphatic carbocycles. The van der Waals surface area contributed by atoms with Crippen molar-refractivity contribution in [2.24, 2.45) is 0 Å². The van der Waals surface area contributed by atoms with Gasteiger partial charge in [-0.05, 0) is 31.5 Å². The summed E-state index contributed by atoms with van der Waals surface area (Å²) >= 11 is 1.43. The molecule has 0 bridgehead atoms. The first-order valence-electron chi connectivity index (χ1n) is 8.96. The summed E-state index contributed by atoms with van der Waals surface area (Å²) in [5.41, 5.74) is 3.46. The summed E-state index contributed by atoms with van der Waals surface area (Å²) in [5.74, 6) is -0.262. The molecule has 2 heterocycles. The molecule has 1 N–H and O–H groups in total. The fraction of sp³-hybridized carbons (Fsp3) is 0.136. The zero-order valence-electron chi connectivity index (χ0n) is 15.5. The minimum atomic E-state index is -0.685. The van der Waals surface area contributed by atoms with Gasteiger partial charge in [0.05, 0.1) is 11.7 Å². The summed E-state index contributed by atoms with van der Waals surface area (Å²) in [5, 5.41) is 5.34. The second kappa shape index (κ2) is 7.40. The summed E-state index contributed by atoms with van der Waals surface area (Å²) in [7, 11) is 0. The summed E-state index contributed by atoms with van der Waals surface area (Å²) in [6.07, 6.45) is 1.45. The lowest BCUT2D eigenvalue weighted by molar-refractivity contribution is -0.118. The van der Waals surface area contributed by atoms with E-state index in [9.17, 15) is 9.59 Å². The molecule has 1 unspecified atom stereocenters. The van der Waals surface area contributed by atoms with Crippen molar-refractivity contribution in [3.63, 3.8) is 0 Å². The maximum Gasteiger partial charge on any atom is 0.263 e. The number of carbonyl (C=O) groups excluding carboxylic acids is 1. The summed E-state index contributed by atoms with van der Waals surface area (Å²) in [6, 6.07) is 16.5. The molecular formula is C22H19N3O2S. The van der Waals surface area contributed by atoms with Crippen molar-refractivity contribution in [3.05, 3.63) is 82.2 Å². The normalized spacial score (nSPS) is 12.1. The first kappa shape index (κ1) is 18.1. The number of benzene rings is 2. The zero-order valence-corrected chi connectivity index (χ0v) is 16.4. The number of rotatable bonds is 4. The van der Waals surface area contributed by atoms with Crippen LogP contribution in [0.15, 0.2) is 71.1 Å². The monoisotopic (exact) mass is 389 g/mol. The minimum absolute atomic E-state index is 0.211. The molecule has 140 valence electrons. The van der Waals surface area contributed by atoms with Crippen molar-refractivity contribution in [1.82, 2.24) is 9.55 Å². The highest BCUT2D eigenvalue weighted by Gasteiger charge is 2.20. The number of hydrogen-bond acceptors (Lipinski definition) is 4. The Bertz CT molecular complexity index is 1190. The summed E-state index contributed by atoms with van der Waals surface area (Å²) in [4.78, 5) is 30.9. The van der Waals surface area contributed by atoms with Crippen LogP contribution in [0.4, 0.5) is 5.69 Å². The second-order valence-corrected chi connectivity index (χ2v) is 7.54. The SMILES string of the molecule is Cc1ccc(-c2csc3ncn(C(C)C(=O)Nc4ccccc4)c(=O)c23)cc1. The topological polar surface area (TPSA) is 64.0 Å². The summed E-state index contributed by atoms with van der Waals surface area (Å²) < 4.78 is 1.39. The van der Waals surface area contributed by atoms with Crippen molar-refractivity contribution in [2.75, 3.05) is 5.32 Å².